The number of hydrogen-bond acceptors (Lipinski definition) is 8. The lowest BCUT2D eigenvalue weighted by molar-refractivity contribution is -0.142. The lowest BCUT2D eigenvalue weighted by atomic mass is 10.0. The number of benzene rings is 2. The molecule has 0 spiro atoms. The molecule has 2 aliphatic rings. The van der Waals surface area contributed by atoms with Crippen LogP contribution in [0.25, 0.3) is 10.8 Å². The molecule has 216 valence electrons. The largest absolute Gasteiger partial charge is 0.462 e. The van der Waals surface area contributed by atoms with Crippen molar-refractivity contribution in [1.29, 1.82) is 0 Å². The zero-order valence-electron chi connectivity index (χ0n) is 24.4. The van der Waals surface area contributed by atoms with Gasteiger partial charge in [-0.05, 0) is 38.0 Å². The molecule has 3 aromatic rings. The highest BCUT2D eigenvalue weighted by Crippen LogP contribution is 2.34. The van der Waals surface area contributed by atoms with Crippen molar-refractivity contribution in [2.24, 2.45) is 0 Å². The maximum atomic E-state index is 13.2. The Morgan fingerprint density at radius 2 is 1.80 bits per heavy atom. The second kappa shape index (κ2) is 12.1. The molecule has 10 heteroatoms. The van der Waals surface area contributed by atoms with Crippen molar-refractivity contribution in [3.63, 3.8) is 0 Å². The molecule has 0 bridgehead atoms. The molecule has 3 heterocycles. The van der Waals surface area contributed by atoms with Gasteiger partial charge in [0.2, 0.25) is 11.8 Å². The quantitative estimate of drug-likeness (QED) is 0.391. The first kappa shape index (κ1) is 28.4. The van der Waals surface area contributed by atoms with E-state index < -0.39 is 6.04 Å². The first-order valence-corrected chi connectivity index (χ1v) is 14.1. The standard InChI is InChI=1S/C31H39N7O3/c1-6-28(39)38-17-16-37(21-27(38)30(40)35(4)5)29-24-14-15-36(26-13-9-11-22-10-7-8-12-23(22)26)20-25(24)32-31(33-29)41-19-18-34(2)3/h6-13,27H,1,14-21H2,2-5H3. The molecule has 41 heavy (non-hydrogen) atoms. The van der Waals surface area contributed by atoms with E-state index in [-0.39, 0.29) is 11.8 Å². The van der Waals surface area contributed by atoms with Crippen LogP contribution in [-0.2, 0) is 22.6 Å². The molecule has 2 aromatic carbocycles. The number of nitrogens with zero attached hydrogens (tertiary/aromatic N) is 7. The van der Waals surface area contributed by atoms with Crippen molar-refractivity contribution in [1.82, 2.24) is 24.7 Å². The molecule has 0 radical (unpaired) electrons. The van der Waals surface area contributed by atoms with Crippen molar-refractivity contribution in [3.05, 3.63) is 66.4 Å². The molecule has 1 unspecified atom stereocenters. The molecular weight excluding hydrogens is 518 g/mol. The van der Waals surface area contributed by atoms with E-state index in [0.29, 0.717) is 38.8 Å². The fraction of sp³-hybridized carbons (Fsp3) is 0.419. The van der Waals surface area contributed by atoms with E-state index >= 15 is 0 Å². The van der Waals surface area contributed by atoms with Crippen molar-refractivity contribution >= 4 is 34.1 Å². The number of anilines is 2. The van der Waals surface area contributed by atoms with Gasteiger partial charge < -0.3 is 29.2 Å². The average molecular weight is 558 g/mol. The monoisotopic (exact) mass is 557 g/mol. The highest BCUT2D eigenvalue weighted by molar-refractivity contribution is 5.95. The normalized spacial score (nSPS) is 17.0. The van der Waals surface area contributed by atoms with Crippen LogP contribution in [0.4, 0.5) is 11.5 Å². The molecule has 0 N–H and O–H groups in total. The van der Waals surface area contributed by atoms with Crippen LogP contribution in [0.5, 0.6) is 6.01 Å². The summed E-state index contributed by atoms with van der Waals surface area (Å²) in [6.45, 7) is 7.55. The topological polar surface area (TPSA) is 85.4 Å². The van der Waals surface area contributed by atoms with Gasteiger partial charge in [-0.15, -0.1) is 0 Å². The number of rotatable bonds is 8. The van der Waals surface area contributed by atoms with Crippen LogP contribution in [-0.4, -0.2) is 110 Å². The Kier molecular flexibility index (Phi) is 8.39. The highest BCUT2D eigenvalue weighted by Gasteiger charge is 2.37. The molecule has 1 atom stereocenters. The van der Waals surface area contributed by atoms with Crippen LogP contribution >= 0.6 is 0 Å². The van der Waals surface area contributed by atoms with Crippen LogP contribution < -0.4 is 14.5 Å². The van der Waals surface area contributed by atoms with Crippen LogP contribution in [0, 0.1) is 0 Å². The number of fused-ring (bicyclic) bond motifs is 2. The number of carbonyl (C=O) groups excluding carboxylic acids is 2. The minimum Gasteiger partial charge on any atom is -0.462 e. The molecule has 1 saturated heterocycles. The fourth-order valence-corrected chi connectivity index (χ4v) is 5.59. The summed E-state index contributed by atoms with van der Waals surface area (Å²) in [7, 11) is 7.42. The SMILES string of the molecule is C=CC(=O)N1CCN(c2nc(OCCN(C)C)nc3c2CCN(c2cccc4ccccc24)C3)CC1C(=O)N(C)C. The van der Waals surface area contributed by atoms with Gasteiger partial charge in [0.05, 0.1) is 12.2 Å². The Morgan fingerprint density at radius 3 is 2.56 bits per heavy atom. The number of aromatic nitrogens is 2. The van der Waals surface area contributed by atoms with E-state index in [2.05, 4.69) is 63.7 Å². The van der Waals surface area contributed by atoms with Gasteiger partial charge in [-0.2, -0.15) is 9.97 Å². The summed E-state index contributed by atoms with van der Waals surface area (Å²) in [6, 6.07) is 14.5. The first-order chi connectivity index (χ1) is 19.8. The molecule has 2 amide bonds. The average Bonchev–Trinajstić information content (AvgIpc) is 2.98. The van der Waals surface area contributed by atoms with Crippen molar-refractivity contribution in [2.45, 2.75) is 19.0 Å². The van der Waals surface area contributed by atoms with Gasteiger partial charge in [0.25, 0.3) is 0 Å². The first-order valence-electron chi connectivity index (χ1n) is 14.1. The lowest BCUT2D eigenvalue weighted by Gasteiger charge is -2.42. The molecule has 1 aromatic heterocycles. The number of carbonyl (C=O) groups is 2. The summed E-state index contributed by atoms with van der Waals surface area (Å²) in [6.07, 6.45) is 2.03. The number of likely N-dealkylation sites (N-methyl/N-ethyl adjacent to an activating group) is 2. The van der Waals surface area contributed by atoms with Crippen molar-refractivity contribution in [2.75, 3.05) is 77.3 Å². The van der Waals surface area contributed by atoms with E-state index in [0.717, 1.165) is 36.6 Å². The Balaban J connectivity index is 1.50. The predicted octanol–water partition coefficient (Wildman–Crippen LogP) is 2.42. The predicted molar refractivity (Wildman–Crippen MR) is 161 cm³/mol. The Labute approximate surface area is 241 Å². The van der Waals surface area contributed by atoms with Gasteiger partial charge in [0, 0.05) is 63.5 Å². The van der Waals surface area contributed by atoms with Gasteiger partial charge in [-0.3, -0.25) is 9.59 Å². The summed E-state index contributed by atoms with van der Waals surface area (Å²) in [5, 5.41) is 2.42. The third-order valence-corrected chi connectivity index (χ3v) is 7.76. The third kappa shape index (κ3) is 5.97. The number of amides is 2. The third-order valence-electron chi connectivity index (χ3n) is 7.76. The maximum absolute atomic E-state index is 13.2. The molecule has 0 aliphatic carbocycles. The molecule has 2 aliphatic heterocycles. The number of piperazine rings is 1. The van der Waals surface area contributed by atoms with Gasteiger partial charge in [-0.1, -0.05) is 43.0 Å². The zero-order chi connectivity index (χ0) is 29.1. The molecular formula is C31H39N7O3. The van der Waals surface area contributed by atoms with Gasteiger partial charge >= 0.3 is 6.01 Å². The molecule has 0 saturated carbocycles. The summed E-state index contributed by atoms with van der Waals surface area (Å²) in [5.41, 5.74) is 3.17. The Hall–Kier alpha value is -4.18. The summed E-state index contributed by atoms with van der Waals surface area (Å²) in [4.78, 5) is 45.3. The van der Waals surface area contributed by atoms with Gasteiger partial charge in [0.15, 0.2) is 0 Å². The van der Waals surface area contributed by atoms with E-state index in [1.807, 2.05) is 14.1 Å². The fourth-order valence-electron chi connectivity index (χ4n) is 5.59. The second-order valence-electron chi connectivity index (χ2n) is 11.0. The summed E-state index contributed by atoms with van der Waals surface area (Å²) in [5.74, 6) is 0.417. The Morgan fingerprint density at radius 1 is 1.02 bits per heavy atom. The van der Waals surface area contributed by atoms with Crippen LogP contribution in [0.3, 0.4) is 0 Å². The molecule has 5 rings (SSSR count). The summed E-state index contributed by atoms with van der Waals surface area (Å²) < 4.78 is 6.05. The van der Waals surface area contributed by atoms with E-state index in [9.17, 15) is 9.59 Å². The number of hydrogen-bond donors (Lipinski definition) is 0. The minimum absolute atomic E-state index is 0.127. The number of ether oxygens (including phenoxy) is 1. The van der Waals surface area contributed by atoms with Crippen molar-refractivity contribution in [3.8, 4) is 6.01 Å². The molecule has 1 fully saturated rings. The highest BCUT2D eigenvalue weighted by atomic mass is 16.5. The van der Waals surface area contributed by atoms with E-state index in [4.69, 9.17) is 14.7 Å². The van der Waals surface area contributed by atoms with Crippen LogP contribution in [0.2, 0.25) is 0 Å². The minimum atomic E-state index is -0.635. The van der Waals surface area contributed by atoms with Crippen LogP contribution in [0.15, 0.2) is 55.1 Å². The summed E-state index contributed by atoms with van der Waals surface area (Å²) >= 11 is 0. The van der Waals surface area contributed by atoms with Gasteiger partial charge in [-0.25, -0.2) is 0 Å². The molecule has 10 nitrogen and oxygen atoms in total. The van der Waals surface area contributed by atoms with Crippen LogP contribution in [0.1, 0.15) is 11.3 Å². The maximum Gasteiger partial charge on any atom is 0.318 e. The smallest absolute Gasteiger partial charge is 0.318 e. The van der Waals surface area contributed by atoms with E-state index in [1.165, 1.54) is 27.4 Å². The van der Waals surface area contributed by atoms with Gasteiger partial charge in [0.1, 0.15) is 18.5 Å². The van der Waals surface area contributed by atoms with E-state index in [1.54, 1.807) is 19.0 Å². The Bertz CT molecular complexity index is 1440. The lowest BCUT2D eigenvalue weighted by Crippen LogP contribution is -2.60. The zero-order valence-corrected chi connectivity index (χ0v) is 24.4. The van der Waals surface area contributed by atoms with Crippen molar-refractivity contribution < 1.29 is 14.3 Å². The second-order valence-corrected chi connectivity index (χ2v) is 11.0.